The molecule has 0 saturated carbocycles. The van der Waals surface area contributed by atoms with E-state index < -0.39 is 0 Å². The van der Waals surface area contributed by atoms with Crippen LogP contribution in [0.3, 0.4) is 0 Å². The Morgan fingerprint density at radius 2 is 1.94 bits per heavy atom. The predicted molar refractivity (Wildman–Crippen MR) is 124 cm³/mol. The Labute approximate surface area is 195 Å². The van der Waals surface area contributed by atoms with Gasteiger partial charge in [0, 0.05) is 55.6 Å². The normalized spacial score (nSPS) is 10.6. The summed E-state index contributed by atoms with van der Waals surface area (Å²) in [4.78, 5) is 28.9. The minimum atomic E-state index is -0.272. The number of nitrogens with zero attached hydrogens (tertiary/aromatic N) is 6. The maximum Gasteiger partial charge on any atom is 0.277 e. The molecule has 0 bridgehead atoms. The van der Waals surface area contributed by atoms with Crippen LogP contribution in [-0.4, -0.2) is 24.5 Å². The summed E-state index contributed by atoms with van der Waals surface area (Å²) in [6, 6.07) is 11.3. The monoisotopic (exact) mass is 456 g/mol. The third-order valence-corrected chi connectivity index (χ3v) is 5.88. The van der Waals surface area contributed by atoms with Crippen LogP contribution in [0.25, 0.3) is 0 Å². The zero-order valence-electron chi connectivity index (χ0n) is 18.1. The average molecular weight is 457 g/mol. The van der Waals surface area contributed by atoms with Crippen molar-refractivity contribution in [2.45, 2.75) is 24.3 Å². The SMILES string of the molecule is Cc1ccc(Oc2ccc(CSc3nc(=O)c(Cc4cncnc4)cn3C)cc2C#N)nc1. The van der Waals surface area contributed by atoms with E-state index in [1.165, 1.54) is 18.1 Å². The number of thioether (sulfide) groups is 1. The molecule has 0 radical (unpaired) electrons. The molecule has 0 unspecified atom stereocenters. The highest BCUT2D eigenvalue weighted by Crippen LogP contribution is 2.27. The van der Waals surface area contributed by atoms with Crippen molar-refractivity contribution in [3.05, 3.63) is 99.6 Å². The summed E-state index contributed by atoms with van der Waals surface area (Å²) in [5.74, 6) is 1.42. The number of nitriles is 1. The summed E-state index contributed by atoms with van der Waals surface area (Å²) < 4.78 is 7.59. The van der Waals surface area contributed by atoms with Crippen molar-refractivity contribution in [2.24, 2.45) is 7.05 Å². The molecular formula is C24H20N6O2S. The predicted octanol–water partition coefficient (Wildman–Crippen LogP) is 3.82. The number of hydrogen-bond donors (Lipinski definition) is 0. The molecule has 4 rings (SSSR count). The van der Waals surface area contributed by atoms with Gasteiger partial charge in [0.25, 0.3) is 5.56 Å². The Kier molecular flexibility index (Phi) is 6.76. The summed E-state index contributed by atoms with van der Waals surface area (Å²) in [5.41, 5.74) is 3.52. The molecule has 164 valence electrons. The van der Waals surface area contributed by atoms with Crippen molar-refractivity contribution in [3.8, 4) is 17.7 Å². The van der Waals surface area contributed by atoms with Gasteiger partial charge in [-0.15, -0.1) is 0 Å². The van der Waals surface area contributed by atoms with Gasteiger partial charge in [0.05, 0.1) is 5.56 Å². The lowest BCUT2D eigenvalue weighted by Crippen LogP contribution is -2.18. The van der Waals surface area contributed by atoms with E-state index in [0.29, 0.717) is 40.1 Å². The van der Waals surface area contributed by atoms with Gasteiger partial charge in [-0.05, 0) is 35.7 Å². The van der Waals surface area contributed by atoms with Gasteiger partial charge in [-0.1, -0.05) is 23.9 Å². The zero-order chi connectivity index (χ0) is 23.2. The van der Waals surface area contributed by atoms with Gasteiger partial charge < -0.3 is 9.30 Å². The molecular weight excluding hydrogens is 436 g/mol. The maximum atomic E-state index is 12.5. The van der Waals surface area contributed by atoms with E-state index in [-0.39, 0.29) is 5.56 Å². The van der Waals surface area contributed by atoms with E-state index in [0.717, 1.165) is 16.7 Å². The lowest BCUT2D eigenvalue weighted by atomic mass is 10.1. The van der Waals surface area contributed by atoms with Crippen molar-refractivity contribution in [1.82, 2.24) is 24.5 Å². The van der Waals surface area contributed by atoms with Crippen LogP contribution in [0.5, 0.6) is 11.6 Å². The van der Waals surface area contributed by atoms with Gasteiger partial charge in [-0.3, -0.25) is 4.79 Å². The first-order valence-corrected chi connectivity index (χ1v) is 11.1. The summed E-state index contributed by atoms with van der Waals surface area (Å²) in [6.07, 6.45) is 8.75. The molecule has 0 N–H and O–H groups in total. The fourth-order valence-electron chi connectivity index (χ4n) is 3.10. The highest BCUT2D eigenvalue weighted by atomic mass is 32.2. The average Bonchev–Trinajstić information content (AvgIpc) is 2.83. The summed E-state index contributed by atoms with van der Waals surface area (Å²) in [6.45, 7) is 1.94. The molecule has 8 nitrogen and oxygen atoms in total. The summed E-state index contributed by atoms with van der Waals surface area (Å²) in [7, 11) is 1.85. The number of benzene rings is 1. The first-order chi connectivity index (χ1) is 16.0. The van der Waals surface area contributed by atoms with Crippen molar-refractivity contribution in [1.29, 1.82) is 5.26 Å². The second kappa shape index (κ2) is 10.1. The van der Waals surface area contributed by atoms with Gasteiger partial charge in [0.2, 0.25) is 5.88 Å². The van der Waals surface area contributed by atoms with Gasteiger partial charge in [-0.2, -0.15) is 10.2 Å². The van der Waals surface area contributed by atoms with Crippen LogP contribution >= 0.6 is 11.8 Å². The molecule has 0 fully saturated rings. The van der Waals surface area contributed by atoms with Gasteiger partial charge in [0.1, 0.15) is 18.1 Å². The Morgan fingerprint density at radius 1 is 1.12 bits per heavy atom. The molecule has 0 aliphatic rings. The quantitative estimate of drug-likeness (QED) is 0.305. The molecule has 33 heavy (non-hydrogen) atoms. The van der Waals surface area contributed by atoms with Crippen molar-refractivity contribution < 1.29 is 4.74 Å². The van der Waals surface area contributed by atoms with Crippen LogP contribution in [-0.2, 0) is 19.2 Å². The van der Waals surface area contributed by atoms with E-state index in [2.05, 4.69) is 26.0 Å². The molecule has 0 atom stereocenters. The molecule has 1 aromatic carbocycles. The number of pyridine rings is 1. The Bertz CT molecular complexity index is 1360. The number of hydrogen-bond acceptors (Lipinski definition) is 8. The van der Waals surface area contributed by atoms with Gasteiger partial charge >= 0.3 is 0 Å². The molecule has 4 aromatic rings. The van der Waals surface area contributed by atoms with Crippen molar-refractivity contribution >= 4 is 11.8 Å². The van der Waals surface area contributed by atoms with Gasteiger partial charge in [0.15, 0.2) is 5.16 Å². The molecule has 0 spiro atoms. The fraction of sp³-hybridized carbons (Fsp3) is 0.167. The fourth-order valence-corrected chi connectivity index (χ4v) is 3.98. The minimum Gasteiger partial charge on any atom is -0.438 e. The topological polar surface area (TPSA) is 107 Å². The van der Waals surface area contributed by atoms with E-state index in [1.54, 1.807) is 43.0 Å². The van der Waals surface area contributed by atoms with Crippen LogP contribution in [0.1, 0.15) is 27.8 Å². The smallest absolute Gasteiger partial charge is 0.277 e. The number of aromatic nitrogens is 5. The summed E-state index contributed by atoms with van der Waals surface area (Å²) in [5, 5.41) is 10.2. The number of aryl methyl sites for hydroxylation is 2. The third kappa shape index (κ3) is 5.61. The van der Waals surface area contributed by atoms with E-state index in [4.69, 9.17) is 4.74 Å². The van der Waals surface area contributed by atoms with Crippen LogP contribution in [0.4, 0.5) is 0 Å². The highest BCUT2D eigenvalue weighted by Gasteiger charge is 2.11. The highest BCUT2D eigenvalue weighted by molar-refractivity contribution is 7.98. The minimum absolute atomic E-state index is 0.272. The number of rotatable bonds is 7. The van der Waals surface area contributed by atoms with Crippen molar-refractivity contribution in [3.63, 3.8) is 0 Å². The third-order valence-electron chi connectivity index (χ3n) is 4.76. The Balaban J connectivity index is 1.46. The molecule has 3 aromatic heterocycles. The van der Waals surface area contributed by atoms with E-state index >= 15 is 0 Å². The van der Waals surface area contributed by atoms with Crippen LogP contribution in [0, 0.1) is 18.3 Å². The number of ether oxygens (including phenoxy) is 1. The standard InChI is InChI=1S/C24H20N6O2S/c1-16-3-6-22(28-10-16)32-21-5-4-17(7-19(21)9-25)14-33-24-29-23(31)20(13-30(24)2)8-18-11-26-15-27-12-18/h3-7,10-13,15H,8,14H2,1-2H3. The molecule has 3 heterocycles. The molecule has 0 saturated heterocycles. The van der Waals surface area contributed by atoms with Crippen LogP contribution in [0.15, 0.2) is 71.4 Å². The molecule has 0 aliphatic heterocycles. The van der Waals surface area contributed by atoms with E-state index in [9.17, 15) is 10.1 Å². The Hall–Kier alpha value is -4.03. The maximum absolute atomic E-state index is 12.5. The van der Waals surface area contributed by atoms with Gasteiger partial charge in [-0.25, -0.2) is 15.0 Å². The van der Waals surface area contributed by atoms with Crippen molar-refractivity contribution in [2.75, 3.05) is 0 Å². The Morgan fingerprint density at radius 3 is 2.67 bits per heavy atom. The first kappa shape index (κ1) is 22.2. The first-order valence-electron chi connectivity index (χ1n) is 10.1. The van der Waals surface area contributed by atoms with Crippen LogP contribution in [0.2, 0.25) is 0 Å². The molecule has 9 heteroatoms. The lowest BCUT2D eigenvalue weighted by Gasteiger charge is -2.11. The second-order valence-electron chi connectivity index (χ2n) is 7.40. The van der Waals surface area contributed by atoms with Crippen LogP contribution < -0.4 is 10.3 Å². The largest absolute Gasteiger partial charge is 0.438 e. The summed E-state index contributed by atoms with van der Waals surface area (Å²) >= 11 is 1.42. The molecule has 0 aliphatic carbocycles. The second-order valence-corrected chi connectivity index (χ2v) is 8.34. The van der Waals surface area contributed by atoms with E-state index in [1.807, 2.05) is 30.7 Å². The zero-order valence-corrected chi connectivity index (χ0v) is 18.9. The molecule has 0 amide bonds. The lowest BCUT2D eigenvalue weighted by molar-refractivity contribution is 0.461.